The normalized spacial score (nSPS) is 23.9. The summed E-state index contributed by atoms with van der Waals surface area (Å²) in [6, 6.07) is 0.126. The predicted octanol–water partition coefficient (Wildman–Crippen LogP) is -1.84. The molecule has 7 heteroatoms. The highest BCUT2D eigenvalue weighted by atomic mass is 16.2. The lowest BCUT2D eigenvalue weighted by Crippen LogP contribution is -2.58. The third kappa shape index (κ3) is 3.74. The molecular weight excluding hydrogens is 248 g/mol. The first-order valence-corrected chi connectivity index (χ1v) is 6.64. The molecule has 2 N–H and O–H groups in total. The van der Waals surface area contributed by atoms with Gasteiger partial charge in [-0.15, -0.1) is 0 Å². The van der Waals surface area contributed by atoms with Gasteiger partial charge in [0.05, 0.1) is 19.6 Å². The Labute approximate surface area is 112 Å². The van der Waals surface area contributed by atoms with Gasteiger partial charge in [0, 0.05) is 25.7 Å². The third-order valence-corrected chi connectivity index (χ3v) is 3.55. The van der Waals surface area contributed by atoms with Gasteiger partial charge in [0.2, 0.25) is 17.7 Å². The maximum atomic E-state index is 11.4. The van der Waals surface area contributed by atoms with Gasteiger partial charge in [-0.3, -0.25) is 29.5 Å². The molecule has 2 fully saturated rings. The molecule has 0 saturated carbocycles. The molecule has 0 aromatic heterocycles. The molecule has 7 nitrogen and oxygen atoms in total. The van der Waals surface area contributed by atoms with Crippen molar-refractivity contribution in [3.63, 3.8) is 0 Å². The van der Waals surface area contributed by atoms with Gasteiger partial charge >= 0.3 is 0 Å². The molecule has 106 valence electrons. The van der Waals surface area contributed by atoms with Crippen molar-refractivity contribution in [1.29, 1.82) is 0 Å². The van der Waals surface area contributed by atoms with Crippen LogP contribution >= 0.6 is 0 Å². The summed E-state index contributed by atoms with van der Waals surface area (Å²) >= 11 is 0. The highest BCUT2D eigenvalue weighted by molar-refractivity contribution is 5.99. The van der Waals surface area contributed by atoms with Crippen LogP contribution in [0.2, 0.25) is 0 Å². The number of imide groups is 1. The van der Waals surface area contributed by atoms with Gasteiger partial charge in [-0.1, -0.05) is 6.92 Å². The summed E-state index contributed by atoms with van der Waals surface area (Å²) < 4.78 is 0. The molecule has 0 aromatic carbocycles. The minimum absolute atomic E-state index is 0.0357. The molecule has 1 atom stereocenters. The van der Waals surface area contributed by atoms with Crippen molar-refractivity contribution < 1.29 is 14.4 Å². The van der Waals surface area contributed by atoms with E-state index in [2.05, 4.69) is 15.5 Å². The summed E-state index contributed by atoms with van der Waals surface area (Å²) in [6.07, 6.45) is 0.846. The van der Waals surface area contributed by atoms with Crippen LogP contribution in [-0.2, 0) is 14.4 Å². The Hall–Kier alpha value is -1.47. The average molecular weight is 268 g/mol. The topological polar surface area (TPSA) is 81.8 Å². The standard InChI is InChI=1S/C12H20N4O3/c1-2-9(5-15-4-3-13-10(17)6-15)16-7-11(18)14-12(19)8-16/h9H,2-8H2,1H3,(H,13,17)(H,14,18,19). The molecule has 3 amide bonds. The molecule has 2 heterocycles. The molecule has 0 aliphatic carbocycles. The lowest BCUT2D eigenvalue weighted by Gasteiger charge is -2.37. The Morgan fingerprint density at radius 3 is 2.37 bits per heavy atom. The van der Waals surface area contributed by atoms with Gasteiger partial charge in [-0.2, -0.15) is 0 Å². The molecule has 0 radical (unpaired) electrons. The summed E-state index contributed by atoms with van der Waals surface area (Å²) in [4.78, 5) is 38.1. The Morgan fingerprint density at radius 1 is 1.11 bits per heavy atom. The van der Waals surface area contributed by atoms with Crippen LogP contribution in [0.15, 0.2) is 0 Å². The van der Waals surface area contributed by atoms with Crippen molar-refractivity contribution in [2.24, 2.45) is 0 Å². The SMILES string of the molecule is CCC(CN1CCNC(=O)C1)N1CC(=O)NC(=O)C1. The first-order chi connectivity index (χ1) is 9.08. The molecule has 0 bridgehead atoms. The predicted molar refractivity (Wildman–Crippen MR) is 68.3 cm³/mol. The van der Waals surface area contributed by atoms with E-state index in [1.54, 1.807) is 0 Å². The van der Waals surface area contributed by atoms with Gasteiger partial charge in [-0.25, -0.2) is 0 Å². The Morgan fingerprint density at radius 2 is 1.79 bits per heavy atom. The summed E-state index contributed by atoms with van der Waals surface area (Å²) in [5, 5.41) is 5.09. The van der Waals surface area contributed by atoms with Gasteiger partial charge < -0.3 is 5.32 Å². The number of hydrogen-bond donors (Lipinski definition) is 2. The van der Waals surface area contributed by atoms with Crippen LogP contribution in [0.1, 0.15) is 13.3 Å². The Balaban J connectivity index is 1.93. The summed E-state index contributed by atoms with van der Waals surface area (Å²) in [5.41, 5.74) is 0. The summed E-state index contributed by atoms with van der Waals surface area (Å²) in [5.74, 6) is -0.453. The fourth-order valence-electron chi connectivity index (χ4n) is 2.57. The molecule has 2 rings (SSSR count). The van der Waals surface area contributed by atoms with Gasteiger partial charge in [-0.05, 0) is 6.42 Å². The summed E-state index contributed by atoms with van der Waals surface area (Å²) in [6.45, 7) is 5.13. The third-order valence-electron chi connectivity index (χ3n) is 3.55. The highest BCUT2D eigenvalue weighted by Gasteiger charge is 2.29. The zero-order valence-electron chi connectivity index (χ0n) is 11.1. The van der Waals surface area contributed by atoms with Crippen molar-refractivity contribution in [2.45, 2.75) is 19.4 Å². The van der Waals surface area contributed by atoms with E-state index in [9.17, 15) is 14.4 Å². The number of nitrogens with one attached hydrogen (secondary N) is 2. The van der Waals surface area contributed by atoms with Crippen LogP contribution in [-0.4, -0.2) is 72.8 Å². The van der Waals surface area contributed by atoms with E-state index in [0.717, 1.165) is 13.0 Å². The molecule has 2 saturated heterocycles. The lowest BCUT2D eigenvalue weighted by molar-refractivity contribution is -0.137. The van der Waals surface area contributed by atoms with Crippen molar-refractivity contribution in [2.75, 3.05) is 39.3 Å². The number of carbonyl (C=O) groups is 3. The molecule has 2 aliphatic rings. The minimum atomic E-state index is -0.244. The van der Waals surface area contributed by atoms with E-state index in [1.807, 2.05) is 11.8 Å². The van der Waals surface area contributed by atoms with Gasteiger partial charge in [0.25, 0.3) is 0 Å². The molecule has 1 unspecified atom stereocenters. The van der Waals surface area contributed by atoms with E-state index in [0.29, 0.717) is 19.6 Å². The molecule has 0 aromatic rings. The van der Waals surface area contributed by atoms with E-state index in [-0.39, 0.29) is 36.9 Å². The average Bonchev–Trinajstić information content (AvgIpc) is 2.34. The number of amides is 3. The maximum absolute atomic E-state index is 11.4. The largest absolute Gasteiger partial charge is 0.354 e. The van der Waals surface area contributed by atoms with Crippen molar-refractivity contribution in [1.82, 2.24) is 20.4 Å². The number of nitrogens with zero attached hydrogens (tertiary/aromatic N) is 2. The number of hydrogen-bond acceptors (Lipinski definition) is 5. The number of piperazine rings is 2. The van der Waals surface area contributed by atoms with E-state index < -0.39 is 0 Å². The highest BCUT2D eigenvalue weighted by Crippen LogP contribution is 2.09. The zero-order chi connectivity index (χ0) is 13.8. The fourth-order valence-corrected chi connectivity index (χ4v) is 2.57. The van der Waals surface area contributed by atoms with Crippen molar-refractivity contribution in [3.05, 3.63) is 0 Å². The number of rotatable bonds is 4. The molecule has 0 spiro atoms. The Kier molecular flexibility index (Phi) is 4.49. The van der Waals surface area contributed by atoms with Gasteiger partial charge in [0.15, 0.2) is 0 Å². The molecule has 2 aliphatic heterocycles. The zero-order valence-corrected chi connectivity index (χ0v) is 11.1. The van der Waals surface area contributed by atoms with Crippen molar-refractivity contribution >= 4 is 17.7 Å². The minimum Gasteiger partial charge on any atom is -0.354 e. The monoisotopic (exact) mass is 268 g/mol. The first kappa shape index (κ1) is 14.0. The quantitative estimate of drug-likeness (QED) is 0.585. The van der Waals surface area contributed by atoms with Crippen LogP contribution in [0.5, 0.6) is 0 Å². The second-order valence-electron chi connectivity index (χ2n) is 5.02. The van der Waals surface area contributed by atoms with Crippen LogP contribution in [0.3, 0.4) is 0 Å². The van der Waals surface area contributed by atoms with Crippen LogP contribution in [0.25, 0.3) is 0 Å². The van der Waals surface area contributed by atoms with Crippen molar-refractivity contribution in [3.8, 4) is 0 Å². The molecular formula is C12H20N4O3. The number of carbonyl (C=O) groups excluding carboxylic acids is 3. The fraction of sp³-hybridized carbons (Fsp3) is 0.750. The second kappa shape index (κ2) is 6.12. The van der Waals surface area contributed by atoms with Crippen LogP contribution in [0, 0.1) is 0 Å². The van der Waals surface area contributed by atoms with E-state index in [1.165, 1.54) is 0 Å². The Bertz CT molecular complexity index is 369. The first-order valence-electron chi connectivity index (χ1n) is 6.64. The second-order valence-corrected chi connectivity index (χ2v) is 5.02. The van der Waals surface area contributed by atoms with E-state index in [4.69, 9.17) is 0 Å². The smallest absolute Gasteiger partial charge is 0.240 e. The lowest BCUT2D eigenvalue weighted by atomic mass is 10.1. The molecule has 19 heavy (non-hydrogen) atoms. The summed E-state index contributed by atoms with van der Waals surface area (Å²) in [7, 11) is 0. The van der Waals surface area contributed by atoms with Crippen LogP contribution in [0.4, 0.5) is 0 Å². The van der Waals surface area contributed by atoms with E-state index >= 15 is 0 Å². The maximum Gasteiger partial charge on any atom is 0.240 e. The van der Waals surface area contributed by atoms with Crippen LogP contribution < -0.4 is 10.6 Å². The van der Waals surface area contributed by atoms with Gasteiger partial charge in [0.1, 0.15) is 0 Å².